The molecule has 2 rings (SSSR count). The van der Waals surface area contributed by atoms with Gasteiger partial charge in [0.15, 0.2) is 11.6 Å². The lowest BCUT2D eigenvalue weighted by Crippen LogP contribution is -2.19. The molecule has 0 aromatic heterocycles. The molecule has 2 aromatic rings. The Balaban J connectivity index is 2.25. The maximum atomic E-state index is 13.3. The summed E-state index contributed by atoms with van der Waals surface area (Å²) in [6.45, 7) is 0.711. The molecule has 0 heterocycles. The third-order valence-corrected chi connectivity index (χ3v) is 3.61. The monoisotopic (exact) mass is 295 g/mol. The summed E-state index contributed by atoms with van der Waals surface area (Å²) in [6, 6.07) is 11.6. The highest BCUT2D eigenvalue weighted by Crippen LogP contribution is 2.27. The number of hydrogen-bond acceptors (Lipinski definition) is 1. The number of rotatable bonds is 5. The predicted octanol–water partition coefficient (Wildman–Crippen LogP) is 4.16. The fourth-order valence-electron chi connectivity index (χ4n) is 2.30. The van der Waals surface area contributed by atoms with Gasteiger partial charge in [-0.1, -0.05) is 35.9 Å². The number of likely N-dealkylation sites (N-methyl/N-ethyl adjacent to an activating group) is 1. The maximum Gasteiger partial charge on any atom is 0.159 e. The third-order valence-electron chi connectivity index (χ3n) is 3.26. The molecule has 0 aliphatic rings. The standard InChI is InChI=1S/C16H16ClF2N/c1-20-10-12(13-4-2-3-5-14(13)17)8-11-6-7-15(18)16(19)9-11/h2-7,9,12,20H,8,10H2,1H3. The van der Waals surface area contributed by atoms with Crippen LogP contribution in [0.3, 0.4) is 0 Å². The summed E-state index contributed by atoms with van der Waals surface area (Å²) in [4.78, 5) is 0. The van der Waals surface area contributed by atoms with Crippen LogP contribution in [0.1, 0.15) is 17.0 Å². The van der Waals surface area contributed by atoms with Crippen LogP contribution < -0.4 is 5.32 Å². The van der Waals surface area contributed by atoms with Crippen LogP contribution in [0.4, 0.5) is 8.78 Å². The van der Waals surface area contributed by atoms with E-state index < -0.39 is 11.6 Å². The van der Waals surface area contributed by atoms with E-state index in [-0.39, 0.29) is 5.92 Å². The molecule has 1 N–H and O–H groups in total. The molecule has 0 aliphatic heterocycles. The Labute approximate surface area is 122 Å². The van der Waals surface area contributed by atoms with Crippen LogP contribution in [0.25, 0.3) is 0 Å². The van der Waals surface area contributed by atoms with Crippen LogP contribution in [-0.4, -0.2) is 13.6 Å². The van der Waals surface area contributed by atoms with E-state index in [0.717, 1.165) is 17.2 Å². The highest BCUT2D eigenvalue weighted by atomic mass is 35.5. The third kappa shape index (κ3) is 3.56. The number of nitrogens with one attached hydrogen (secondary N) is 1. The van der Waals surface area contributed by atoms with Gasteiger partial charge in [0.25, 0.3) is 0 Å². The molecule has 1 atom stereocenters. The minimum atomic E-state index is -0.823. The minimum Gasteiger partial charge on any atom is -0.319 e. The molecule has 106 valence electrons. The zero-order valence-corrected chi connectivity index (χ0v) is 11.9. The van der Waals surface area contributed by atoms with Gasteiger partial charge in [-0.3, -0.25) is 0 Å². The molecule has 0 radical (unpaired) electrons. The first-order valence-electron chi connectivity index (χ1n) is 6.44. The minimum absolute atomic E-state index is 0.110. The van der Waals surface area contributed by atoms with E-state index in [2.05, 4.69) is 5.32 Å². The Morgan fingerprint density at radius 2 is 1.85 bits per heavy atom. The summed E-state index contributed by atoms with van der Waals surface area (Å²) in [5.41, 5.74) is 1.76. The molecule has 0 saturated carbocycles. The lowest BCUT2D eigenvalue weighted by molar-refractivity contribution is 0.505. The Morgan fingerprint density at radius 1 is 1.10 bits per heavy atom. The number of benzene rings is 2. The second-order valence-electron chi connectivity index (χ2n) is 4.73. The van der Waals surface area contributed by atoms with Crippen molar-refractivity contribution in [1.82, 2.24) is 5.32 Å². The average Bonchev–Trinajstić information content (AvgIpc) is 2.43. The predicted molar refractivity (Wildman–Crippen MR) is 78.2 cm³/mol. The molecule has 0 saturated heterocycles. The second kappa shape index (κ2) is 6.82. The zero-order chi connectivity index (χ0) is 14.5. The molecular weight excluding hydrogens is 280 g/mol. The van der Waals surface area contributed by atoms with Gasteiger partial charge in [0.2, 0.25) is 0 Å². The lowest BCUT2D eigenvalue weighted by atomic mass is 9.92. The summed E-state index contributed by atoms with van der Waals surface area (Å²) in [6.07, 6.45) is 0.599. The van der Waals surface area contributed by atoms with Gasteiger partial charge < -0.3 is 5.32 Å². The highest BCUT2D eigenvalue weighted by molar-refractivity contribution is 6.31. The maximum absolute atomic E-state index is 13.3. The van der Waals surface area contributed by atoms with E-state index in [9.17, 15) is 8.78 Å². The summed E-state index contributed by atoms with van der Waals surface area (Å²) < 4.78 is 26.2. The van der Waals surface area contributed by atoms with E-state index in [1.54, 1.807) is 6.07 Å². The van der Waals surface area contributed by atoms with Crippen molar-refractivity contribution in [1.29, 1.82) is 0 Å². The zero-order valence-electron chi connectivity index (χ0n) is 11.2. The molecule has 1 unspecified atom stereocenters. The summed E-state index contributed by atoms with van der Waals surface area (Å²) in [7, 11) is 1.86. The lowest BCUT2D eigenvalue weighted by Gasteiger charge is -2.18. The van der Waals surface area contributed by atoms with E-state index in [1.165, 1.54) is 6.07 Å². The van der Waals surface area contributed by atoms with Crippen LogP contribution in [0.15, 0.2) is 42.5 Å². The smallest absolute Gasteiger partial charge is 0.159 e. The Kier molecular flexibility index (Phi) is 5.10. The van der Waals surface area contributed by atoms with Crippen LogP contribution in [0.2, 0.25) is 5.02 Å². The fraction of sp³-hybridized carbons (Fsp3) is 0.250. The van der Waals surface area contributed by atoms with Gasteiger partial charge in [0.05, 0.1) is 0 Å². The molecule has 0 aliphatic carbocycles. The van der Waals surface area contributed by atoms with Gasteiger partial charge in [-0.15, -0.1) is 0 Å². The van der Waals surface area contributed by atoms with Crippen molar-refractivity contribution in [2.75, 3.05) is 13.6 Å². The summed E-state index contributed by atoms with van der Waals surface area (Å²) in [5.74, 6) is -1.53. The second-order valence-corrected chi connectivity index (χ2v) is 5.14. The van der Waals surface area contributed by atoms with Crippen molar-refractivity contribution < 1.29 is 8.78 Å². The van der Waals surface area contributed by atoms with Gasteiger partial charge >= 0.3 is 0 Å². The largest absolute Gasteiger partial charge is 0.319 e. The molecule has 1 nitrogen and oxygen atoms in total. The first kappa shape index (κ1) is 14.9. The Hall–Kier alpha value is -1.45. The van der Waals surface area contributed by atoms with E-state index in [1.807, 2.05) is 31.3 Å². The van der Waals surface area contributed by atoms with Gasteiger partial charge in [0.1, 0.15) is 0 Å². The molecule has 0 amide bonds. The summed E-state index contributed by atoms with van der Waals surface area (Å²) in [5, 5.41) is 3.80. The van der Waals surface area contributed by atoms with Crippen LogP contribution in [0, 0.1) is 11.6 Å². The average molecular weight is 296 g/mol. The highest BCUT2D eigenvalue weighted by Gasteiger charge is 2.15. The molecule has 0 bridgehead atoms. The Bertz CT molecular complexity index is 586. The molecule has 4 heteroatoms. The molecule has 20 heavy (non-hydrogen) atoms. The van der Waals surface area contributed by atoms with Crippen molar-refractivity contribution >= 4 is 11.6 Å². The fourth-order valence-corrected chi connectivity index (χ4v) is 2.59. The number of hydrogen-bond donors (Lipinski definition) is 1. The van der Waals surface area contributed by atoms with Gasteiger partial charge in [-0.2, -0.15) is 0 Å². The van der Waals surface area contributed by atoms with Crippen molar-refractivity contribution in [2.45, 2.75) is 12.3 Å². The number of halogens is 3. The Morgan fingerprint density at radius 3 is 2.50 bits per heavy atom. The van der Waals surface area contributed by atoms with Gasteiger partial charge in [0, 0.05) is 17.5 Å². The normalized spacial score (nSPS) is 12.4. The van der Waals surface area contributed by atoms with E-state index >= 15 is 0 Å². The van der Waals surface area contributed by atoms with Gasteiger partial charge in [-0.25, -0.2) is 8.78 Å². The van der Waals surface area contributed by atoms with Crippen molar-refractivity contribution in [3.8, 4) is 0 Å². The van der Waals surface area contributed by atoms with E-state index in [0.29, 0.717) is 18.0 Å². The van der Waals surface area contributed by atoms with Gasteiger partial charge in [-0.05, 0) is 42.8 Å². The van der Waals surface area contributed by atoms with Crippen molar-refractivity contribution in [3.05, 3.63) is 70.2 Å². The molecule has 0 spiro atoms. The topological polar surface area (TPSA) is 12.0 Å². The first-order chi connectivity index (χ1) is 9.61. The van der Waals surface area contributed by atoms with Crippen LogP contribution >= 0.6 is 11.6 Å². The van der Waals surface area contributed by atoms with Crippen LogP contribution in [-0.2, 0) is 6.42 Å². The molecular formula is C16H16ClF2N. The molecule has 0 fully saturated rings. The van der Waals surface area contributed by atoms with Crippen molar-refractivity contribution in [3.63, 3.8) is 0 Å². The summed E-state index contributed by atoms with van der Waals surface area (Å²) >= 11 is 6.22. The van der Waals surface area contributed by atoms with E-state index in [4.69, 9.17) is 11.6 Å². The molecule has 2 aromatic carbocycles. The van der Waals surface area contributed by atoms with Crippen molar-refractivity contribution in [2.24, 2.45) is 0 Å². The first-order valence-corrected chi connectivity index (χ1v) is 6.82. The quantitative estimate of drug-likeness (QED) is 0.873. The SMILES string of the molecule is CNCC(Cc1ccc(F)c(F)c1)c1ccccc1Cl. The van der Waals surface area contributed by atoms with Crippen LogP contribution in [0.5, 0.6) is 0 Å².